The summed E-state index contributed by atoms with van der Waals surface area (Å²) in [6, 6.07) is 16.0. The minimum Gasteiger partial charge on any atom is -0.314 e. The number of likely N-dealkylation sites (N-methyl/N-ethyl adjacent to an activating group) is 1. The zero-order valence-corrected chi connectivity index (χ0v) is 12.9. The predicted octanol–water partition coefficient (Wildman–Crippen LogP) is 4.29. The molecule has 2 aromatic carbocycles. The lowest BCUT2D eigenvalue weighted by Crippen LogP contribution is -2.31. The Kier molecular flexibility index (Phi) is 5.94. The van der Waals surface area contributed by atoms with E-state index in [-0.39, 0.29) is 5.82 Å². The fraction of sp³-hybridized carbons (Fsp3) is 0.368. The predicted molar refractivity (Wildman–Crippen MR) is 87.1 cm³/mol. The van der Waals surface area contributed by atoms with Crippen molar-refractivity contribution in [3.05, 3.63) is 71.0 Å². The molecule has 2 heteroatoms. The highest BCUT2D eigenvalue weighted by Crippen LogP contribution is 2.12. The van der Waals surface area contributed by atoms with E-state index < -0.39 is 0 Å². The summed E-state index contributed by atoms with van der Waals surface area (Å²) in [7, 11) is 0. The molecule has 2 rings (SSSR count). The van der Waals surface area contributed by atoms with Crippen LogP contribution in [-0.4, -0.2) is 12.6 Å². The molecule has 0 aliphatic rings. The van der Waals surface area contributed by atoms with Crippen LogP contribution in [0.15, 0.2) is 48.5 Å². The molecule has 0 bridgehead atoms. The van der Waals surface area contributed by atoms with E-state index in [0.717, 1.165) is 25.8 Å². The van der Waals surface area contributed by atoms with E-state index in [0.29, 0.717) is 6.04 Å². The Bertz CT molecular complexity index is 548. The van der Waals surface area contributed by atoms with Gasteiger partial charge in [0.05, 0.1) is 0 Å². The summed E-state index contributed by atoms with van der Waals surface area (Å²) in [6.07, 6.45) is 3.11. The van der Waals surface area contributed by atoms with Crippen molar-refractivity contribution in [3.8, 4) is 0 Å². The molecule has 0 spiro atoms. The number of benzene rings is 2. The summed E-state index contributed by atoms with van der Waals surface area (Å²) >= 11 is 0. The molecule has 0 heterocycles. The molecule has 0 amide bonds. The molecule has 1 unspecified atom stereocenters. The van der Waals surface area contributed by atoms with Gasteiger partial charge in [-0.2, -0.15) is 0 Å². The number of aryl methyl sites for hydroxylation is 2. The van der Waals surface area contributed by atoms with Crippen LogP contribution in [0.1, 0.15) is 30.0 Å². The van der Waals surface area contributed by atoms with Crippen molar-refractivity contribution in [2.75, 3.05) is 6.54 Å². The minimum absolute atomic E-state index is 0.168. The lowest BCUT2D eigenvalue weighted by atomic mass is 9.98. The van der Waals surface area contributed by atoms with Gasteiger partial charge >= 0.3 is 0 Å². The lowest BCUT2D eigenvalue weighted by Gasteiger charge is -2.18. The van der Waals surface area contributed by atoms with E-state index in [9.17, 15) is 4.39 Å². The third-order valence-electron chi connectivity index (χ3n) is 3.75. The van der Waals surface area contributed by atoms with Crippen molar-refractivity contribution in [1.29, 1.82) is 0 Å². The molecule has 0 aliphatic heterocycles. The molecule has 0 radical (unpaired) electrons. The first-order valence-electron chi connectivity index (χ1n) is 7.70. The Balaban J connectivity index is 1.93. The highest BCUT2D eigenvalue weighted by atomic mass is 19.1. The van der Waals surface area contributed by atoms with Gasteiger partial charge in [-0.25, -0.2) is 4.39 Å². The average Bonchev–Trinajstić information content (AvgIpc) is 2.47. The summed E-state index contributed by atoms with van der Waals surface area (Å²) in [4.78, 5) is 0. The highest BCUT2D eigenvalue weighted by Gasteiger charge is 2.09. The number of halogens is 1. The lowest BCUT2D eigenvalue weighted by molar-refractivity contribution is 0.490. The number of rotatable bonds is 7. The van der Waals surface area contributed by atoms with Crippen LogP contribution in [0.3, 0.4) is 0 Å². The maximum absolute atomic E-state index is 13.0. The topological polar surface area (TPSA) is 12.0 Å². The van der Waals surface area contributed by atoms with E-state index >= 15 is 0 Å². The molecule has 1 nitrogen and oxygen atoms in total. The fourth-order valence-corrected chi connectivity index (χ4v) is 2.68. The first-order valence-corrected chi connectivity index (χ1v) is 7.70. The maximum Gasteiger partial charge on any atom is 0.123 e. The second-order valence-corrected chi connectivity index (χ2v) is 5.61. The molecule has 0 saturated carbocycles. The van der Waals surface area contributed by atoms with Crippen LogP contribution in [-0.2, 0) is 12.8 Å². The van der Waals surface area contributed by atoms with Crippen LogP contribution in [0.5, 0.6) is 0 Å². The van der Waals surface area contributed by atoms with Gasteiger partial charge in [0.25, 0.3) is 0 Å². The van der Waals surface area contributed by atoms with Crippen LogP contribution in [0.25, 0.3) is 0 Å². The van der Waals surface area contributed by atoms with Gasteiger partial charge in [-0.3, -0.25) is 0 Å². The zero-order chi connectivity index (χ0) is 15.1. The first-order chi connectivity index (χ1) is 10.2. The van der Waals surface area contributed by atoms with E-state index in [4.69, 9.17) is 0 Å². The number of hydrogen-bond donors (Lipinski definition) is 1. The molecule has 0 aliphatic carbocycles. The standard InChI is InChI=1S/C19H24FN/c1-3-21-19(14-17-7-10-18(20)11-8-17)12-9-16-6-4-5-15(2)13-16/h4-8,10-11,13,19,21H,3,9,12,14H2,1-2H3. The minimum atomic E-state index is -0.168. The van der Waals surface area contributed by atoms with Gasteiger partial charge in [0.1, 0.15) is 5.82 Å². The summed E-state index contributed by atoms with van der Waals surface area (Å²) in [5.74, 6) is -0.168. The van der Waals surface area contributed by atoms with Gasteiger partial charge in [-0.1, -0.05) is 48.9 Å². The second-order valence-electron chi connectivity index (χ2n) is 5.61. The van der Waals surface area contributed by atoms with Crippen LogP contribution in [0, 0.1) is 12.7 Å². The summed E-state index contributed by atoms with van der Waals surface area (Å²) in [6.45, 7) is 5.22. The quantitative estimate of drug-likeness (QED) is 0.800. The molecule has 0 fully saturated rings. The number of nitrogens with one attached hydrogen (secondary N) is 1. The van der Waals surface area contributed by atoms with Gasteiger partial charge in [0, 0.05) is 6.04 Å². The Morgan fingerprint density at radius 1 is 1.05 bits per heavy atom. The van der Waals surface area contributed by atoms with E-state index in [1.165, 1.54) is 16.7 Å². The Hall–Kier alpha value is -1.67. The van der Waals surface area contributed by atoms with Gasteiger partial charge in [0.2, 0.25) is 0 Å². The summed E-state index contributed by atoms with van der Waals surface area (Å²) < 4.78 is 13.0. The van der Waals surface area contributed by atoms with Crippen molar-refractivity contribution in [1.82, 2.24) is 5.32 Å². The third kappa shape index (κ3) is 5.31. The Morgan fingerprint density at radius 3 is 2.48 bits per heavy atom. The van der Waals surface area contributed by atoms with Crippen LogP contribution in [0.4, 0.5) is 4.39 Å². The van der Waals surface area contributed by atoms with Gasteiger partial charge in [-0.05, 0) is 56.0 Å². The average molecular weight is 285 g/mol. The summed E-state index contributed by atoms with van der Waals surface area (Å²) in [5, 5.41) is 3.54. The Morgan fingerprint density at radius 2 is 1.81 bits per heavy atom. The van der Waals surface area contributed by atoms with E-state index in [1.807, 2.05) is 12.1 Å². The smallest absolute Gasteiger partial charge is 0.123 e. The molecule has 112 valence electrons. The molecule has 1 N–H and O–H groups in total. The number of hydrogen-bond acceptors (Lipinski definition) is 1. The molecule has 1 atom stereocenters. The monoisotopic (exact) mass is 285 g/mol. The highest BCUT2D eigenvalue weighted by molar-refractivity contribution is 5.22. The van der Waals surface area contributed by atoms with E-state index in [2.05, 4.69) is 43.4 Å². The molecular formula is C19H24FN. The zero-order valence-electron chi connectivity index (χ0n) is 12.9. The largest absolute Gasteiger partial charge is 0.314 e. The first kappa shape index (κ1) is 15.7. The molecular weight excluding hydrogens is 261 g/mol. The fourth-order valence-electron chi connectivity index (χ4n) is 2.68. The third-order valence-corrected chi connectivity index (χ3v) is 3.75. The molecule has 2 aromatic rings. The van der Waals surface area contributed by atoms with Crippen LogP contribution >= 0.6 is 0 Å². The Labute approximate surface area is 127 Å². The normalized spacial score (nSPS) is 12.3. The van der Waals surface area contributed by atoms with Crippen molar-refractivity contribution < 1.29 is 4.39 Å². The van der Waals surface area contributed by atoms with Crippen LogP contribution < -0.4 is 5.32 Å². The van der Waals surface area contributed by atoms with Crippen LogP contribution in [0.2, 0.25) is 0 Å². The molecule has 21 heavy (non-hydrogen) atoms. The van der Waals surface area contributed by atoms with Gasteiger partial charge < -0.3 is 5.32 Å². The van der Waals surface area contributed by atoms with Crippen molar-refractivity contribution in [2.45, 2.75) is 39.2 Å². The SMILES string of the molecule is CCNC(CCc1cccc(C)c1)Cc1ccc(F)cc1. The van der Waals surface area contributed by atoms with Crippen molar-refractivity contribution in [3.63, 3.8) is 0 Å². The maximum atomic E-state index is 13.0. The second kappa shape index (κ2) is 7.94. The van der Waals surface area contributed by atoms with Gasteiger partial charge in [-0.15, -0.1) is 0 Å². The van der Waals surface area contributed by atoms with Crippen molar-refractivity contribution in [2.24, 2.45) is 0 Å². The van der Waals surface area contributed by atoms with Crippen molar-refractivity contribution >= 4 is 0 Å². The molecule has 0 saturated heterocycles. The van der Waals surface area contributed by atoms with Gasteiger partial charge in [0.15, 0.2) is 0 Å². The molecule has 0 aromatic heterocycles. The summed E-state index contributed by atoms with van der Waals surface area (Å²) in [5.41, 5.74) is 3.88. The van der Waals surface area contributed by atoms with E-state index in [1.54, 1.807) is 12.1 Å².